The largest absolute Gasteiger partial charge is 0.354 e. The lowest BCUT2D eigenvalue weighted by Crippen LogP contribution is -2.38. The van der Waals surface area contributed by atoms with Crippen LogP contribution in [0.3, 0.4) is 0 Å². The highest BCUT2D eigenvalue weighted by Crippen LogP contribution is 2.13. The summed E-state index contributed by atoms with van der Waals surface area (Å²) in [5.41, 5.74) is 2.06. The molecule has 0 aliphatic carbocycles. The molecule has 6 nitrogen and oxygen atoms in total. The minimum Gasteiger partial charge on any atom is -0.354 e. The summed E-state index contributed by atoms with van der Waals surface area (Å²) in [6, 6.07) is 9.88. The molecule has 0 saturated carbocycles. The Labute approximate surface area is 138 Å². The average Bonchev–Trinajstić information content (AvgIpc) is 3.18. The number of nitrogens with one attached hydrogen (secondary N) is 1. The summed E-state index contributed by atoms with van der Waals surface area (Å²) >= 11 is 1.54. The van der Waals surface area contributed by atoms with Crippen molar-refractivity contribution in [2.45, 2.75) is 6.42 Å². The van der Waals surface area contributed by atoms with Crippen LogP contribution in [-0.4, -0.2) is 51.2 Å². The van der Waals surface area contributed by atoms with Gasteiger partial charge in [-0.25, -0.2) is 4.68 Å². The van der Waals surface area contributed by atoms with Crippen LogP contribution in [0.25, 0.3) is 5.69 Å². The molecule has 7 heteroatoms. The van der Waals surface area contributed by atoms with Gasteiger partial charge in [0.05, 0.1) is 23.5 Å². The predicted molar refractivity (Wildman–Crippen MR) is 89.3 cm³/mol. The second-order valence-corrected chi connectivity index (χ2v) is 6.25. The Kier molecular flexibility index (Phi) is 4.97. The topological polar surface area (TPSA) is 67.2 Å². The maximum atomic E-state index is 11.8. The van der Waals surface area contributed by atoms with E-state index in [0.29, 0.717) is 24.6 Å². The van der Waals surface area contributed by atoms with Gasteiger partial charge in [-0.3, -0.25) is 9.59 Å². The van der Waals surface area contributed by atoms with Crippen LogP contribution in [0.2, 0.25) is 0 Å². The zero-order valence-electron chi connectivity index (χ0n) is 12.6. The van der Waals surface area contributed by atoms with Gasteiger partial charge >= 0.3 is 0 Å². The number of amides is 2. The van der Waals surface area contributed by atoms with Crippen molar-refractivity contribution in [2.24, 2.45) is 0 Å². The molecule has 2 aromatic rings. The fourth-order valence-electron chi connectivity index (χ4n) is 2.33. The molecule has 3 rings (SSSR count). The lowest BCUT2D eigenvalue weighted by atomic mass is 10.2. The Hall–Kier alpha value is -2.28. The number of nitrogens with zero attached hydrogens (tertiary/aromatic N) is 3. The number of carbonyl (C=O) groups excluding carboxylic acids is 2. The van der Waals surface area contributed by atoms with E-state index in [-0.39, 0.29) is 18.4 Å². The van der Waals surface area contributed by atoms with E-state index in [2.05, 4.69) is 10.4 Å². The molecule has 0 bridgehead atoms. The Morgan fingerprint density at radius 2 is 2.13 bits per heavy atom. The Morgan fingerprint density at radius 3 is 2.87 bits per heavy atom. The van der Waals surface area contributed by atoms with Gasteiger partial charge in [0.25, 0.3) is 0 Å². The molecule has 2 amide bonds. The van der Waals surface area contributed by atoms with Gasteiger partial charge in [-0.1, -0.05) is 18.2 Å². The van der Waals surface area contributed by atoms with Crippen molar-refractivity contribution >= 4 is 23.6 Å². The van der Waals surface area contributed by atoms with Gasteiger partial charge in [-0.15, -0.1) is 11.8 Å². The molecule has 0 radical (unpaired) electrons. The number of carbonyl (C=O) groups is 2. The standard InChI is InChI=1S/C16H18N4O2S/c21-15(10-19-12-23-11-16(19)22)17-7-6-13-8-18-20(9-13)14-4-2-1-3-5-14/h1-5,8-9H,6-7,10-12H2,(H,17,21). The zero-order chi connectivity index (χ0) is 16.1. The number of aromatic nitrogens is 2. The first-order valence-electron chi connectivity index (χ1n) is 7.43. The first kappa shape index (κ1) is 15.6. The number of benzene rings is 1. The number of rotatable bonds is 6. The van der Waals surface area contributed by atoms with Crippen LogP contribution in [-0.2, 0) is 16.0 Å². The van der Waals surface area contributed by atoms with Crippen LogP contribution in [0.15, 0.2) is 42.7 Å². The van der Waals surface area contributed by atoms with E-state index >= 15 is 0 Å². The van der Waals surface area contributed by atoms with Gasteiger partial charge in [0.2, 0.25) is 11.8 Å². The summed E-state index contributed by atoms with van der Waals surface area (Å²) in [5.74, 6) is 1.01. The van der Waals surface area contributed by atoms with E-state index in [0.717, 1.165) is 11.3 Å². The average molecular weight is 330 g/mol. The second kappa shape index (κ2) is 7.32. The molecule has 1 aliphatic heterocycles. The van der Waals surface area contributed by atoms with Crippen molar-refractivity contribution in [3.63, 3.8) is 0 Å². The fraction of sp³-hybridized carbons (Fsp3) is 0.312. The molecule has 0 atom stereocenters. The van der Waals surface area contributed by atoms with Gasteiger partial charge in [0, 0.05) is 12.7 Å². The predicted octanol–water partition coefficient (Wildman–Crippen LogP) is 1.06. The highest BCUT2D eigenvalue weighted by Gasteiger charge is 2.22. The number of hydrogen-bond donors (Lipinski definition) is 1. The molecular weight excluding hydrogens is 312 g/mol. The third-order valence-corrected chi connectivity index (χ3v) is 4.50. The van der Waals surface area contributed by atoms with E-state index in [1.165, 1.54) is 11.8 Å². The van der Waals surface area contributed by atoms with Gasteiger partial charge in [-0.2, -0.15) is 5.10 Å². The zero-order valence-corrected chi connectivity index (χ0v) is 13.5. The molecule has 1 N–H and O–H groups in total. The molecule has 1 fully saturated rings. The van der Waals surface area contributed by atoms with E-state index in [1.807, 2.05) is 41.2 Å². The highest BCUT2D eigenvalue weighted by molar-refractivity contribution is 8.00. The quantitative estimate of drug-likeness (QED) is 0.860. The first-order valence-corrected chi connectivity index (χ1v) is 8.59. The fourth-order valence-corrected chi connectivity index (χ4v) is 3.23. The summed E-state index contributed by atoms with van der Waals surface area (Å²) in [4.78, 5) is 24.9. The lowest BCUT2D eigenvalue weighted by molar-refractivity contribution is -0.132. The summed E-state index contributed by atoms with van der Waals surface area (Å²) in [6.07, 6.45) is 4.48. The summed E-state index contributed by atoms with van der Waals surface area (Å²) < 4.78 is 1.82. The van der Waals surface area contributed by atoms with Crippen LogP contribution in [0.1, 0.15) is 5.56 Å². The third kappa shape index (κ3) is 4.13. The Balaban J connectivity index is 1.45. The number of hydrogen-bond acceptors (Lipinski definition) is 4. The normalized spacial score (nSPS) is 14.3. The summed E-state index contributed by atoms with van der Waals surface area (Å²) in [5, 5.41) is 7.17. The molecule has 0 unspecified atom stereocenters. The van der Waals surface area contributed by atoms with Crippen LogP contribution < -0.4 is 5.32 Å². The van der Waals surface area contributed by atoms with E-state index in [9.17, 15) is 9.59 Å². The molecule has 0 spiro atoms. The van der Waals surface area contributed by atoms with E-state index < -0.39 is 0 Å². The van der Waals surface area contributed by atoms with E-state index in [1.54, 1.807) is 11.1 Å². The molecule has 1 saturated heterocycles. The minimum atomic E-state index is -0.115. The monoisotopic (exact) mass is 330 g/mol. The molecule has 120 valence electrons. The first-order chi connectivity index (χ1) is 11.2. The van der Waals surface area contributed by atoms with Gasteiger partial charge in [-0.05, 0) is 24.1 Å². The summed E-state index contributed by atoms with van der Waals surface area (Å²) in [7, 11) is 0. The van der Waals surface area contributed by atoms with Crippen molar-refractivity contribution in [1.29, 1.82) is 0 Å². The van der Waals surface area contributed by atoms with Gasteiger partial charge < -0.3 is 10.2 Å². The van der Waals surface area contributed by atoms with Crippen LogP contribution >= 0.6 is 11.8 Å². The van der Waals surface area contributed by atoms with Crippen molar-refractivity contribution in [3.8, 4) is 5.69 Å². The van der Waals surface area contributed by atoms with Crippen molar-refractivity contribution < 1.29 is 9.59 Å². The van der Waals surface area contributed by atoms with Crippen LogP contribution in [0, 0.1) is 0 Å². The molecule has 1 aromatic heterocycles. The SMILES string of the molecule is O=C(CN1CSCC1=O)NCCc1cnn(-c2ccccc2)c1. The number of thioether (sulfide) groups is 1. The Bertz CT molecular complexity index is 686. The summed E-state index contributed by atoms with van der Waals surface area (Å²) in [6.45, 7) is 0.684. The molecule has 2 heterocycles. The molecular formula is C16H18N4O2S. The van der Waals surface area contributed by atoms with Crippen molar-refractivity contribution in [3.05, 3.63) is 48.3 Å². The van der Waals surface area contributed by atoms with Gasteiger partial charge in [0.15, 0.2) is 0 Å². The van der Waals surface area contributed by atoms with Gasteiger partial charge in [0.1, 0.15) is 6.54 Å². The third-order valence-electron chi connectivity index (χ3n) is 3.55. The van der Waals surface area contributed by atoms with Crippen LogP contribution in [0.4, 0.5) is 0 Å². The highest BCUT2D eigenvalue weighted by atomic mass is 32.2. The molecule has 1 aliphatic rings. The maximum Gasteiger partial charge on any atom is 0.239 e. The molecule has 1 aromatic carbocycles. The number of para-hydroxylation sites is 1. The maximum absolute atomic E-state index is 11.8. The van der Waals surface area contributed by atoms with Crippen LogP contribution in [0.5, 0.6) is 0 Å². The van der Waals surface area contributed by atoms with E-state index in [4.69, 9.17) is 0 Å². The second-order valence-electron chi connectivity index (χ2n) is 5.30. The Morgan fingerprint density at radius 1 is 1.30 bits per heavy atom. The van der Waals surface area contributed by atoms with Crippen molar-refractivity contribution in [2.75, 3.05) is 24.7 Å². The minimum absolute atomic E-state index is 0.0364. The lowest BCUT2D eigenvalue weighted by Gasteiger charge is -2.13. The van der Waals surface area contributed by atoms with Crippen molar-refractivity contribution in [1.82, 2.24) is 20.0 Å². The smallest absolute Gasteiger partial charge is 0.239 e. The molecule has 23 heavy (non-hydrogen) atoms.